The highest BCUT2D eigenvalue weighted by molar-refractivity contribution is 7.16. The van der Waals surface area contributed by atoms with Crippen LogP contribution in [-0.4, -0.2) is 46.9 Å². The molecule has 0 aliphatic carbocycles. The average molecular weight is 707 g/mol. The number of halogens is 1. The van der Waals surface area contributed by atoms with Gasteiger partial charge < -0.3 is 9.64 Å². The summed E-state index contributed by atoms with van der Waals surface area (Å²) in [5.41, 5.74) is 3.23. The second kappa shape index (κ2) is 14.6. The number of hydrogen-bond donors (Lipinski definition) is 0. The number of carbonyl (C=O) groups is 1. The number of para-hydroxylation sites is 2. The number of thiazole rings is 2. The smallest absolute Gasteiger partial charge is 0.361 e. The lowest BCUT2D eigenvalue weighted by Gasteiger charge is -2.28. The van der Waals surface area contributed by atoms with Gasteiger partial charge in [-0.05, 0) is 56.5 Å². The fraction of sp³-hybridized carbons (Fsp3) is 0.382. The first-order chi connectivity index (χ1) is 23.1. The number of hydrogen-bond acceptors (Lipinski definition) is 11. The highest BCUT2D eigenvalue weighted by Gasteiger charge is 2.29. The number of ether oxygens (including phenoxy) is 1. The van der Waals surface area contributed by atoms with Gasteiger partial charge in [0.25, 0.3) is 0 Å². The fourth-order valence-corrected chi connectivity index (χ4v) is 8.32. The number of aryl methyl sites for hydroxylation is 1. The molecule has 0 atom stereocenters. The molecule has 5 aromatic rings. The number of fused-ring (bicyclic) bond motifs is 2. The van der Waals surface area contributed by atoms with Crippen LogP contribution in [0, 0.1) is 12.7 Å². The molecule has 0 unspecified atom stereocenters. The van der Waals surface area contributed by atoms with Crippen LogP contribution in [0.1, 0.15) is 46.3 Å². The molecule has 0 amide bonds. The molecule has 0 bridgehead atoms. The Morgan fingerprint density at radius 3 is 2.67 bits per heavy atom. The normalized spacial score (nSPS) is 13.6. The van der Waals surface area contributed by atoms with E-state index in [1.54, 1.807) is 17.4 Å². The van der Waals surface area contributed by atoms with Crippen LogP contribution in [0.2, 0.25) is 25.7 Å². The van der Waals surface area contributed by atoms with E-state index in [1.807, 2.05) is 30.9 Å². The van der Waals surface area contributed by atoms with E-state index in [-0.39, 0.29) is 11.4 Å². The van der Waals surface area contributed by atoms with Crippen molar-refractivity contribution in [3.8, 4) is 5.75 Å². The molecule has 4 heterocycles. The van der Waals surface area contributed by atoms with Crippen molar-refractivity contribution >= 4 is 63.7 Å². The maximum Gasteiger partial charge on any atom is 0.405 e. The first-order valence-corrected chi connectivity index (χ1v) is 21.4. The third kappa shape index (κ3) is 7.51. The van der Waals surface area contributed by atoms with Crippen LogP contribution < -0.4 is 14.6 Å². The minimum absolute atomic E-state index is 0.151. The summed E-state index contributed by atoms with van der Waals surface area (Å²) in [5.74, 6) is -0.310. The second-order valence-corrected chi connectivity index (χ2v) is 20.5. The van der Waals surface area contributed by atoms with Crippen molar-refractivity contribution in [2.45, 2.75) is 71.9 Å². The predicted molar refractivity (Wildman–Crippen MR) is 190 cm³/mol. The summed E-state index contributed by atoms with van der Waals surface area (Å²) in [5, 5.41) is 9.89. The molecule has 252 valence electrons. The van der Waals surface area contributed by atoms with Crippen LogP contribution >= 0.6 is 22.7 Å². The lowest BCUT2D eigenvalue weighted by Crippen LogP contribution is -2.27. The lowest BCUT2D eigenvalue weighted by atomic mass is 10.0. The standard InChI is InChI=1S/C34H39FN6O4S2Si/c1-6-12-28-29(32(42)45-44-26-16-9-7-14-24(26)35)36-33(47-28)40-18-11-13-23-22(2)30(38-39-31(23)40)37-34-41(21-43-19-20-48(3,4)5)25-15-8-10-17-27(25)46-34/h7-10,14-17H,6,11-13,18-21H2,1-5H3. The number of benzene rings is 2. The molecule has 0 saturated heterocycles. The SMILES string of the molecule is CCCc1sc(N2CCCc3c2nnc(N=c2sc4ccccc4n2COCC[Si](C)(C)C)c3C)nc1C(=O)OOc1ccccc1F. The molecule has 0 spiro atoms. The van der Waals surface area contributed by atoms with Crippen molar-refractivity contribution < 1.29 is 23.7 Å². The van der Waals surface area contributed by atoms with E-state index < -0.39 is 19.9 Å². The molecule has 1 aliphatic heterocycles. The van der Waals surface area contributed by atoms with E-state index in [0.29, 0.717) is 43.1 Å². The summed E-state index contributed by atoms with van der Waals surface area (Å²) in [4.78, 5) is 36.4. The first kappa shape index (κ1) is 33.9. The van der Waals surface area contributed by atoms with Crippen molar-refractivity contribution in [3.63, 3.8) is 0 Å². The molecule has 0 saturated carbocycles. The Morgan fingerprint density at radius 2 is 1.88 bits per heavy atom. The Bertz CT molecular complexity index is 2000. The number of anilines is 2. The van der Waals surface area contributed by atoms with Crippen LogP contribution in [-0.2, 0) is 29.2 Å². The van der Waals surface area contributed by atoms with Crippen LogP contribution in [0.5, 0.6) is 5.75 Å². The molecule has 6 rings (SSSR count). The van der Waals surface area contributed by atoms with Gasteiger partial charge in [0.15, 0.2) is 33.1 Å². The topological polar surface area (TPSA) is 104 Å². The molecule has 14 heteroatoms. The molecule has 48 heavy (non-hydrogen) atoms. The van der Waals surface area contributed by atoms with E-state index in [2.05, 4.69) is 51.5 Å². The summed E-state index contributed by atoms with van der Waals surface area (Å²) >= 11 is 3.02. The van der Waals surface area contributed by atoms with Crippen molar-refractivity contribution in [2.75, 3.05) is 18.1 Å². The van der Waals surface area contributed by atoms with Crippen LogP contribution in [0.15, 0.2) is 53.5 Å². The van der Waals surface area contributed by atoms with Gasteiger partial charge in [0.1, 0.15) is 6.73 Å². The highest BCUT2D eigenvalue weighted by Crippen LogP contribution is 2.39. The van der Waals surface area contributed by atoms with Crippen molar-refractivity contribution in [1.29, 1.82) is 0 Å². The summed E-state index contributed by atoms with van der Waals surface area (Å²) in [6, 6.07) is 15.1. The summed E-state index contributed by atoms with van der Waals surface area (Å²) in [6.45, 7) is 12.9. The third-order valence-electron chi connectivity index (χ3n) is 8.00. The van der Waals surface area contributed by atoms with Gasteiger partial charge in [0.05, 0.1) is 10.2 Å². The number of nitrogens with zero attached hydrogens (tertiary/aromatic N) is 6. The van der Waals surface area contributed by atoms with Gasteiger partial charge in [-0.25, -0.2) is 19.1 Å². The maximum absolute atomic E-state index is 14.0. The molecule has 1 aliphatic rings. The minimum Gasteiger partial charge on any atom is -0.361 e. The molecule has 0 fully saturated rings. The van der Waals surface area contributed by atoms with Gasteiger partial charge in [-0.1, -0.05) is 68.6 Å². The first-order valence-electron chi connectivity index (χ1n) is 16.1. The zero-order chi connectivity index (χ0) is 33.8. The van der Waals surface area contributed by atoms with Crippen molar-refractivity contribution in [1.82, 2.24) is 19.7 Å². The quantitative estimate of drug-likeness (QED) is 0.0555. The molecule has 2 aromatic carbocycles. The third-order valence-corrected chi connectivity index (χ3v) is 11.9. The number of rotatable bonds is 12. The van der Waals surface area contributed by atoms with E-state index in [4.69, 9.17) is 19.5 Å². The van der Waals surface area contributed by atoms with Crippen LogP contribution in [0.25, 0.3) is 10.2 Å². The molecule has 0 N–H and O–H groups in total. The number of carbonyl (C=O) groups excluding carboxylic acids is 1. The highest BCUT2D eigenvalue weighted by atomic mass is 32.1. The zero-order valence-electron chi connectivity index (χ0n) is 27.8. The van der Waals surface area contributed by atoms with E-state index in [0.717, 1.165) is 56.3 Å². The van der Waals surface area contributed by atoms with E-state index in [1.165, 1.54) is 29.5 Å². The van der Waals surface area contributed by atoms with Gasteiger partial charge in [0, 0.05) is 37.2 Å². The Morgan fingerprint density at radius 1 is 1.08 bits per heavy atom. The van der Waals surface area contributed by atoms with Gasteiger partial charge in [-0.3, -0.25) is 9.45 Å². The molecular weight excluding hydrogens is 668 g/mol. The Hall–Kier alpha value is -3.98. The molecular formula is C34H39FN6O4S2Si. The molecule has 0 radical (unpaired) electrons. The largest absolute Gasteiger partial charge is 0.405 e. The Kier molecular flexibility index (Phi) is 10.3. The van der Waals surface area contributed by atoms with E-state index in [9.17, 15) is 9.18 Å². The maximum atomic E-state index is 14.0. The molecule has 3 aromatic heterocycles. The number of aromatic nitrogens is 4. The summed E-state index contributed by atoms with van der Waals surface area (Å²) in [7, 11) is -1.21. The summed E-state index contributed by atoms with van der Waals surface area (Å²) < 4.78 is 23.4. The monoisotopic (exact) mass is 706 g/mol. The minimum atomic E-state index is -1.21. The van der Waals surface area contributed by atoms with E-state index >= 15 is 0 Å². The van der Waals surface area contributed by atoms with Crippen LogP contribution in [0.4, 0.5) is 21.2 Å². The van der Waals surface area contributed by atoms with Crippen molar-refractivity contribution in [2.24, 2.45) is 4.99 Å². The van der Waals surface area contributed by atoms with Gasteiger partial charge in [0.2, 0.25) is 5.75 Å². The van der Waals surface area contributed by atoms with Crippen molar-refractivity contribution in [3.05, 3.63) is 80.8 Å². The lowest BCUT2D eigenvalue weighted by molar-refractivity contribution is -0.152. The van der Waals surface area contributed by atoms with Gasteiger partial charge in [-0.2, -0.15) is 4.99 Å². The van der Waals surface area contributed by atoms with Gasteiger partial charge >= 0.3 is 5.97 Å². The average Bonchev–Trinajstić information content (AvgIpc) is 3.64. The summed E-state index contributed by atoms with van der Waals surface area (Å²) in [6.07, 6.45) is 3.12. The Balaban J connectivity index is 1.29. The second-order valence-electron chi connectivity index (χ2n) is 12.8. The van der Waals surface area contributed by atoms with Gasteiger partial charge in [-0.15, -0.1) is 21.5 Å². The molecule has 10 nitrogen and oxygen atoms in total. The predicted octanol–water partition coefficient (Wildman–Crippen LogP) is 8.13. The zero-order valence-corrected chi connectivity index (χ0v) is 30.4. The van der Waals surface area contributed by atoms with Crippen LogP contribution in [0.3, 0.4) is 0 Å². The Labute approximate surface area is 287 Å². The fourth-order valence-electron chi connectivity index (χ4n) is 5.36.